The largest absolute Gasteiger partial charge is 1.00 e. The molecule has 2 aromatic rings. The number of benzene rings is 2. The smallest absolute Gasteiger partial charge is 1.00 e. The first-order chi connectivity index (χ1) is 14.4. The van der Waals surface area contributed by atoms with Crippen molar-refractivity contribution in [2.75, 3.05) is 13.2 Å². The van der Waals surface area contributed by atoms with Crippen molar-refractivity contribution in [3.8, 4) is 11.5 Å². The van der Waals surface area contributed by atoms with Gasteiger partial charge in [0.25, 0.3) is 0 Å². The van der Waals surface area contributed by atoms with Gasteiger partial charge >= 0.3 is 18.9 Å². The molecule has 5 heteroatoms. The number of carbonyl (C=O) groups is 1. The molecule has 0 aromatic heterocycles. The zero-order valence-electron chi connectivity index (χ0n) is 22.7. The second-order valence-electron chi connectivity index (χ2n) is 10.3. The molecule has 0 N–H and O–H groups in total. The first-order valence-corrected chi connectivity index (χ1v) is 12.2. The van der Waals surface area contributed by atoms with Crippen LogP contribution in [0.1, 0.15) is 76.9 Å². The Hall–Kier alpha value is -1.26. The summed E-state index contributed by atoms with van der Waals surface area (Å²) >= 11 is 0. The summed E-state index contributed by atoms with van der Waals surface area (Å²) in [5.74, 6) is 2.39. The molecule has 0 aliphatic carbocycles. The fourth-order valence-corrected chi connectivity index (χ4v) is 4.47. The average Bonchev–Trinajstić information content (AvgIpc) is 2.64. The molecule has 0 saturated carbocycles. The van der Waals surface area contributed by atoms with E-state index in [1.807, 2.05) is 32.0 Å². The Morgan fingerprint density at radius 1 is 0.938 bits per heavy atom. The minimum absolute atomic E-state index is 0. The Labute approximate surface area is 210 Å². The molecule has 2 rings (SSSR count). The third-order valence-corrected chi connectivity index (χ3v) is 6.14. The maximum Gasteiger partial charge on any atom is 1.00 e. The van der Waals surface area contributed by atoms with E-state index in [4.69, 9.17) is 9.47 Å². The minimum atomic E-state index is 0. The van der Waals surface area contributed by atoms with E-state index in [1.54, 1.807) is 0 Å². The van der Waals surface area contributed by atoms with Gasteiger partial charge in [0, 0.05) is 16.9 Å². The van der Waals surface area contributed by atoms with Gasteiger partial charge in [-0.1, -0.05) is 60.6 Å². The monoisotopic (exact) mass is 450 g/mol. The molecular formula is C27H40LiO3P. The Morgan fingerprint density at radius 3 is 1.97 bits per heavy atom. The molecule has 0 radical (unpaired) electrons. The van der Waals surface area contributed by atoms with Crippen LogP contribution in [-0.4, -0.2) is 18.7 Å². The Kier molecular flexibility index (Phi) is 11.0. The molecule has 1 unspecified atom stereocenters. The number of ether oxygens (including phenoxy) is 2. The summed E-state index contributed by atoms with van der Waals surface area (Å²) in [4.78, 5) is 13.3. The first kappa shape index (κ1) is 28.8. The summed E-state index contributed by atoms with van der Waals surface area (Å²) in [6, 6.07) is 10.2. The van der Waals surface area contributed by atoms with Crippen LogP contribution in [0, 0.1) is 25.7 Å². The van der Waals surface area contributed by atoms with Crippen molar-refractivity contribution < 1.29 is 34.6 Å². The third kappa shape index (κ3) is 8.26. The quantitative estimate of drug-likeness (QED) is 0.429. The molecular weight excluding hydrogens is 410 g/mol. The van der Waals surface area contributed by atoms with Crippen LogP contribution in [-0.2, 0) is 5.41 Å². The number of carbonyl (C=O) groups excluding carboxylic acids is 1. The molecule has 2 aromatic carbocycles. The second kappa shape index (κ2) is 12.3. The standard InChI is InChI=1S/C27H39O3P.Li.H/c1-17(2)15-29-22-10-11-24(23(14-22)30-16-18(3)4)31-26(28)25-19(5)12-21(13-20(25)6)27(7,8)9;;/h10-14,17-18,31H,15-16H2,1-9H3;;/q;+1;-1. The van der Waals surface area contributed by atoms with Crippen LogP contribution < -0.4 is 33.6 Å². The zero-order chi connectivity index (χ0) is 23.3. The predicted molar refractivity (Wildman–Crippen MR) is 135 cm³/mol. The maximum atomic E-state index is 13.3. The number of hydrogen-bond acceptors (Lipinski definition) is 3. The summed E-state index contributed by atoms with van der Waals surface area (Å²) < 4.78 is 12.0. The van der Waals surface area contributed by atoms with E-state index in [9.17, 15) is 4.79 Å². The van der Waals surface area contributed by atoms with Gasteiger partial charge in [-0.15, -0.1) is 0 Å². The van der Waals surface area contributed by atoms with Crippen LogP contribution in [0.15, 0.2) is 30.3 Å². The molecule has 0 aliphatic rings. The fourth-order valence-electron chi connectivity index (χ4n) is 3.27. The number of hydrogen-bond donors (Lipinski definition) is 0. The summed E-state index contributed by atoms with van der Waals surface area (Å²) in [5.41, 5.74) is 4.40. The molecule has 32 heavy (non-hydrogen) atoms. The molecule has 0 fully saturated rings. The summed E-state index contributed by atoms with van der Waals surface area (Å²) in [7, 11) is 0.00847. The maximum absolute atomic E-state index is 13.3. The second-order valence-corrected chi connectivity index (χ2v) is 11.5. The topological polar surface area (TPSA) is 35.5 Å². The molecule has 0 heterocycles. The van der Waals surface area contributed by atoms with E-state index in [0.29, 0.717) is 25.0 Å². The van der Waals surface area contributed by atoms with Gasteiger partial charge in [0.15, 0.2) is 5.52 Å². The number of aryl methyl sites for hydroxylation is 2. The van der Waals surface area contributed by atoms with E-state index < -0.39 is 0 Å². The molecule has 172 valence electrons. The minimum Gasteiger partial charge on any atom is -1.00 e. The van der Waals surface area contributed by atoms with Crippen molar-refractivity contribution in [3.05, 3.63) is 52.6 Å². The Balaban J connectivity index is 0.00000512. The van der Waals surface area contributed by atoms with Gasteiger partial charge in [0.2, 0.25) is 0 Å². The summed E-state index contributed by atoms with van der Waals surface area (Å²) in [6.07, 6.45) is 0. The summed E-state index contributed by atoms with van der Waals surface area (Å²) in [6.45, 7) is 20.4. The van der Waals surface area contributed by atoms with Crippen molar-refractivity contribution in [2.24, 2.45) is 11.8 Å². The Morgan fingerprint density at radius 2 is 1.47 bits per heavy atom. The molecule has 0 spiro atoms. The van der Waals surface area contributed by atoms with Crippen molar-refractivity contribution in [1.29, 1.82) is 0 Å². The molecule has 1 atom stereocenters. The van der Waals surface area contributed by atoms with Gasteiger partial charge in [0.1, 0.15) is 11.5 Å². The van der Waals surface area contributed by atoms with Gasteiger partial charge < -0.3 is 10.9 Å². The molecule has 0 aliphatic heterocycles. The van der Waals surface area contributed by atoms with E-state index >= 15 is 0 Å². The van der Waals surface area contributed by atoms with Gasteiger partial charge in [-0.2, -0.15) is 0 Å². The molecule has 3 nitrogen and oxygen atoms in total. The van der Waals surface area contributed by atoms with Crippen LogP contribution in [0.2, 0.25) is 0 Å². The third-order valence-electron chi connectivity index (χ3n) is 4.98. The average molecular weight is 451 g/mol. The Bertz CT molecular complexity index is 897. The number of rotatable bonds is 9. The zero-order valence-corrected chi connectivity index (χ0v) is 22.7. The van der Waals surface area contributed by atoms with Crippen LogP contribution >= 0.6 is 8.58 Å². The molecule has 0 amide bonds. The van der Waals surface area contributed by atoms with Gasteiger partial charge in [0.05, 0.1) is 13.2 Å². The van der Waals surface area contributed by atoms with E-state index in [-0.39, 0.29) is 39.8 Å². The van der Waals surface area contributed by atoms with Crippen molar-refractivity contribution in [1.82, 2.24) is 0 Å². The molecule has 0 saturated heterocycles. The van der Waals surface area contributed by atoms with Crippen LogP contribution in [0.25, 0.3) is 0 Å². The first-order valence-electron chi connectivity index (χ1n) is 11.2. The fraction of sp³-hybridized carbons (Fsp3) is 0.519. The van der Waals surface area contributed by atoms with Crippen LogP contribution in [0.3, 0.4) is 0 Å². The van der Waals surface area contributed by atoms with Gasteiger partial charge in [-0.3, -0.25) is 4.79 Å². The van der Waals surface area contributed by atoms with E-state index in [1.165, 1.54) is 5.56 Å². The van der Waals surface area contributed by atoms with Crippen molar-refractivity contribution in [3.63, 3.8) is 0 Å². The van der Waals surface area contributed by atoms with Gasteiger partial charge in [-0.05, 0) is 68.5 Å². The SMILES string of the molecule is Cc1cc(C(C)(C)C)cc(C)c1C(=O)Pc1ccc(OCC(C)C)cc1OCC(C)C.[H-].[Li+]. The normalized spacial score (nSPS) is 11.8. The van der Waals surface area contributed by atoms with Crippen LogP contribution in [0.4, 0.5) is 0 Å². The summed E-state index contributed by atoms with van der Waals surface area (Å²) in [5, 5.41) is 0.932. The predicted octanol–water partition coefficient (Wildman–Crippen LogP) is 3.93. The van der Waals surface area contributed by atoms with Crippen LogP contribution in [0.5, 0.6) is 11.5 Å². The molecule has 0 bridgehead atoms. The van der Waals surface area contributed by atoms with Gasteiger partial charge in [-0.25, -0.2) is 0 Å². The van der Waals surface area contributed by atoms with E-state index in [2.05, 4.69) is 60.6 Å². The van der Waals surface area contributed by atoms with Crippen molar-refractivity contribution >= 4 is 19.4 Å². The van der Waals surface area contributed by atoms with E-state index in [0.717, 1.165) is 33.5 Å². The van der Waals surface area contributed by atoms with Crippen molar-refractivity contribution in [2.45, 2.75) is 67.7 Å².